The maximum Gasteiger partial charge on any atom is 0.190 e. The molecule has 4 aromatic rings. The highest BCUT2D eigenvalue weighted by Crippen LogP contribution is 2.52. The molecule has 3 atom stereocenters. The van der Waals surface area contributed by atoms with Crippen LogP contribution in [0.1, 0.15) is 51.0 Å². The van der Waals surface area contributed by atoms with E-state index in [1.165, 1.54) is 0 Å². The third kappa shape index (κ3) is 3.93. The van der Waals surface area contributed by atoms with E-state index in [9.17, 15) is 9.59 Å². The van der Waals surface area contributed by atoms with E-state index in [4.69, 9.17) is 12.2 Å². The number of allylic oxidation sites excluding steroid dienone is 3. The summed E-state index contributed by atoms with van der Waals surface area (Å²) in [7, 11) is 0. The highest BCUT2D eigenvalue weighted by Gasteiger charge is 2.48. The minimum Gasteiger partial charge on any atom is -0.351 e. The zero-order valence-corrected chi connectivity index (χ0v) is 22.5. The van der Waals surface area contributed by atoms with Gasteiger partial charge in [-0.3, -0.25) is 9.59 Å². The maximum absolute atomic E-state index is 14.4. The molecule has 0 radical (unpaired) electrons. The van der Waals surface area contributed by atoms with Gasteiger partial charge in [0.2, 0.25) is 0 Å². The number of Topliss-reactive ketones (excluding diaryl/α,β-unsaturated/α-hetero) is 2. The number of hydrogen-bond donors (Lipinski definition) is 2. The van der Waals surface area contributed by atoms with Crippen molar-refractivity contribution in [1.29, 1.82) is 0 Å². The summed E-state index contributed by atoms with van der Waals surface area (Å²) in [4.78, 5) is 28.4. The third-order valence-electron chi connectivity index (χ3n) is 8.20. The Bertz CT molecular complexity index is 1730. The molecule has 3 aliphatic rings. The highest BCUT2D eigenvalue weighted by molar-refractivity contribution is 7.80. The van der Waals surface area contributed by atoms with E-state index in [0.29, 0.717) is 10.7 Å². The van der Waals surface area contributed by atoms with Crippen LogP contribution >= 0.6 is 12.2 Å². The number of rotatable bonds is 4. The first kappa shape index (κ1) is 24.4. The van der Waals surface area contributed by atoms with Crippen molar-refractivity contribution in [1.82, 2.24) is 10.6 Å². The second-order valence-electron chi connectivity index (χ2n) is 10.4. The fraction of sp³-hybridized carbons (Fsp3) is 0.114. The Hall–Kier alpha value is -4.61. The van der Waals surface area contributed by atoms with E-state index < -0.39 is 11.8 Å². The number of fused-ring (bicyclic) bond motifs is 2. The van der Waals surface area contributed by atoms with E-state index >= 15 is 0 Å². The molecule has 0 saturated heterocycles. The van der Waals surface area contributed by atoms with Crippen molar-refractivity contribution in [2.75, 3.05) is 0 Å². The lowest BCUT2D eigenvalue weighted by Gasteiger charge is -2.40. The topological polar surface area (TPSA) is 58.2 Å². The van der Waals surface area contributed by atoms with Crippen LogP contribution in [0.25, 0.3) is 11.1 Å². The predicted octanol–water partition coefficient (Wildman–Crippen LogP) is 6.64. The monoisotopic (exact) mass is 538 g/mol. The highest BCUT2D eigenvalue weighted by atomic mass is 32.1. The normalized spacial score (nSPS) is 22.0. The average Bonchev–Trinajstić information content (AvgIpc) is 3.28. The molecule has 0 amide bonds. The first-order chi connectivity index (χ1) is 19.6. The number of benzene rings is 4. The first-order valence-electron chi connectivity index (χ1n) is 13.5. The molecule has 40 heavy (non-hydrogen) atoms. The molecule has 2 N–H and O–H groups in total. The molecule has 194 valence electrons. The first-order valence-corrected chi connectivity index (χ1v) is 13.9. The van der Waals surface area contributed by atoms with Crippen LogP contribution < -0.4 is 10.6 Å². The molecule has 7 rings (SSSR count). The molecule has 0 spiro atoms. The van der Waals surface area contributed by atoms with Crippen LogP contribution in [-0.2, 0) is 4.79 Å². The van der Waals surface area contributed by atoms with E-state index in [0.717, 1.165) is 44.7 Å². The Morgan fingerprint density at radius 3 is 1.88 bits per heavy atom. The zero-order valence-electron chi connectivity index (χ0n) is 21.6. The summed E-state index contributed by atoms with van der Waals surface area (Å²) in [6.07, 6.45) is 0.204. The standard InChI is InChI=1S/C35H26N2O2S/c38-27-20-26-24-18-10-11-19-25(24)34(39)30(26)28(21-12-4-1-5-13-21)31(27)33-29(22-14-6-2-7-15-22)32(36-35(40)37-33)23-16-8-3-9-17-23/h1-19,28,31-32H,20H2,(H2,36,37,40). The number of ketones is 2. The Kier molecular flexibility index (Phi) is 6.02. The van der Waals surface area contributed by atoms with Crippen LogP contribution in [0, 0.1) is 5.92 Å². The molecule has 2 aliphatic carbocycles. The van der Waals surface area contributed by atoms with Crippen LogP contribution in [0.2, 0.25) is 0 Å². The van der Waals surface area contributed by atoms with Gasteiger partial charge in [-0.15, -0.1) is 0 Å². The van der Waals surface area contributed by atoms with Crippen molar-refractivity contribution in [3.8, 4) is 0 Å². The summed E-state index contributed by atoms with van der Waals surface area (Å²) in [6, 6.07) is 37.6. The van der Waals surface area contributed by atoms with Gasteiger partial charge in [-0.05, 0) is 40.0 Å². The van der Waals surface area contributed by atoms with Crippen molar-refractivity contribution in [3.63, 3.8) is 0 Å². The Morgan fingerprint density at radius 1 is 0.625 bits per heavy atom. The number of hydrogen-bond acceptors (Lipinski definition) is 3. The molecule has 1 aliphatic heterocycles. The SMILES string of the molecule is O=C1C2=C(CC(=O)C(C3=C(c4ccccc4)C(c4ccccc4)NC(=S)N3)C2c2ccccc2)c2ccccc21. The summed E-state index contributed by atoms with van der Waals surface area (Å²) in [5.74, 6) is -0.976. The minimum atomic E-state index is -0.610. The van der Waals surface area contributed by atoms with Crippen LogP contribution in [0.3, 0.4) is 0 Å². The van der Waals surface area contributed by atoms with Gasteiger partial charge in [0, 0.05) is 34.7 Å². The molecule has 1 heterocycles. The molecule has 4 nitrogen and oxygen atoms in total. The van der Waals surface area contributed by atoms with Crippen LogP contribution in [-0.4, -0.2) is 16.7 Å². The van der Waals surface area contributed by atoms with Crippen molar-refractivity contribution >= 4 is 40.0 Å². The van der Waals surface area contributed by atoms with Crippen molar-refractivity contribution < 1.29 is 9.59 Å². The van der Waals surface area contributed by atoms with Crippen molar-refractivity contribution in [2.45, 2.75) is 18.4 Å². The lowest BCUT2D eigenvalue weighted by molar-refractivity contribution is -0.121. The molecule has 0 aromatic heterocycles. The zero-order chi connectivity index (χ0) is 27.2. The molecule has 0 saturated carbocycles. The molecule has 0 fully saturated rings. The number of thiocarbonyl (C=S) groups is 1. The van der Waals surface area contributed by atoms with E-state index in [1.54, 1.807) is 0 Å². The van der Waals surface area contributed by atoms with Gasteiger partial charge in [-0.1, -0.05) is 115 Å². The van der Waals surface area contributed by atoms with Crippen LogP contribution in [0.4, 0.5) is 0 Å². The summed E-state index contributed by atoms with van der Waals surface area (Å²) >= 11 is 5.75. The Balaban J connectivity index is 1.50. The van der Waals surface area contributed by atoms with Gasteiger partial charge >= 0.3 is 0 Å². The molecular formula is C35H26N2O2S. The number of carbonyl (C=O) groups is 2. The van der Waals surface area contributed by atoms with Crippen molar-refractivity contribution in [3.05, 3.63) is 154 Å². The molecule has 5 heteroatoms. The quantitative estimate of drug-likeness (QED) is 0.285. The van der Waals surface area contributed by atoms with Crippen LogP contribution in [0.5, 0.6) is 0 Å². The maximum atomic E-state index is 14.4. The van der Waals surface area contributed by atoms with Gasteiger partial charge < -0.3 is 10.6 Å². The molecule has 4 aromatic carbocycles. The van der Waals surface area contributed by atoms with E-state index in [2.05, 4.69) is 34.9 Å². The van der Waals surface area contributed by atoms with Gasteiger partial charge in [0.25, 0.3) is 0 Å². The Labute approximate surface area is 238 Å². The summed E-state index contributed by atoms with van der Waals surface area (Å²) in [6.45, 7) is 0. The van der Waals surface area contributed by atoms with Crippen molar-refractivity contribution in [2.24, 2.45) is 5.92 Å². The number of nitrogens with one attached hydrogen (secondary N) is 2. The average molecular weight is 539 g/mol. The molecule has 3 unspecified atom stereocenters. The van der Waals surface area contributed by atoms with Gasteiger partial charge in [0.05, 0.1) is 12.0 Å². The molecular weight excluding hydrogens is 512 g/mol. The predicted molar refractivity (Wildman–Crippen MR) is 161 cm³/mol. The second kappa shape index (κ2) is 9.85. The summed E-state index contributed by atoms with van der Waals surface area (Å²) in [5, 5.41) is 7.35. The Morgan fingerprint density at radius 2 is 1.20 bits per heavy atom. The van der Waals surface area contributed by atoms with Gasteiger partial charge in [-0.2, -0.15) is 0 Å². The summed E-state index contributed by atoms with van der Waals surface area (Å²) in [5.41, 5.74) is 7.84. The summed E-state index contributed by atoms with van der Waals surface area (Å²) < 4.78 is 0. The van der Waals surface area contributed by atoms with Crippen LogP contribution in [0.15, 0.2) is 127 Å². The second-order valence-corrected chi connectivity index (χ2v) is 10.8. The lowest BCUT2D eigenvalue weighted by atomic mass is 9.68. The minimum absolute atomic E-state index is 0.00920. The fourth-order valence-electron chi connectivity index (χ4n) is 6.54. The van der Waals surface area contributed by atoms with E-state index in [-0.39, 0.29) is 24.0 Å². The molecule has 0 bridgehead atoms. The smallest absolute Gasteiger partial charge is 0.190 e. The third-order valence-corrected chi connectivity index (χ3v) is 8.42. The van der Waals surface area contributed by atoms with Gasteiger partial charge in [0.1, 0.15) is 5.78 Å². The largest absolute Gasteiger partial charge is 0.351 e. The van der Waals surface area contributed by atoms with E-state index in [1.807, 2.05) is 91.0 Å². The number of carbonyl (C=O) groups excluding carboxylic acids is 2. The lowest BCUT2D eigenvalue weighted by Crippen LogP contribution is -2.48. The van der Waals surface area contributed by atoms with Gasteiger partial charge in [0.15, 0.2) is 10.9 Å². The van der Waals surface area contributed by atoms with Gasteiger partial charge in [-0.25, -0.2) is 0 Å². The fourth-order valence-corrected chi connectivity index (χ4v) is 6.77.